The number of fused-ring (bicyclic) bond motifs is 3. The van der Waals surface area contributed by atoms with E-state index in [0.29, 0.717) is 0 Å². The van der Waals surface area contributed by atoms with E-state index in [1.807, 2.05) is 48.5 Å². The first kappa shape index (κ1) is 15.9. The van der Waals surface area contributed by atoms with Crippen molar-refractivity contribution in [2.24, 2.45) is 0 Å². The molecule has 0 bridgehead atoms. The Morgan fingerprint density at radius 2 is 1.65 bits per heavy atom. The lowest BCUT2D eigenvalue weighted by molar-refractivity contribution is 0.103. The van der Waals surface area contributed by atoms with Crippen LogP contribution in [-0.2, 0) is 0 Å². The van der Waals surface area contributed by atoms with Gasteiger partial charge in [-0.05, 0) is 29.8 Å². The van der Waals surface area contributed by atoms with E-state index in [2.05, 4.69) is 45.5 Å². The molecule has 0 fully saturated rings. The average molecular weight is 420 g/mol. The summed E-state index contributed by atoms with van der Waals surface area (Å²) in [6, 6.07) is 24.3. The zero-order valence-electron chi connectivity index (χ0n) is 13.7. The highest BCUT2D eigenvalue weighted by Crippen LogP contribution is 2.52. The Morgan fingerprint density at radius 1 is 0.885 bits per heavy atom. The Kier molecular flexibility index (Phi) is 3.76. The molecule has 1 N–H and O–H groups in total. The topological polar surface area (TPSA) is 29.1 Å². The third kappa shape index (κ3) is 2.44. The van der Waals surface area contributed by atoms with E-state index in [1.54, 1.807) is 11.8 Å². The Bertz CT molecular complexity index is 1090. The van der Waals surface area contributed by atoms with Crippen molar-refractivity contribution in [1.82, 2.24) is 0 Å². The fourth-order valence-corrected chi connectivity index (χ4v) is 5.28. The number of ketones is 1. The minimum atomic E-state index is -0.0569. The number of carbonyl (C=O) groups is 1. The first-order valence-corrected chi connectivity index (χ1v) is 10.1. The van der Waals surface area contributed by atoms with Crippen LogP contribution in [0.2, 0.25) is 0 Å². The number of thioether (sulfide) groups is 1. The molecular weight excluding hydrogens is 406 g/mol. The van der Waals surface area contributed by atoms with Crippen LogP contribution in [0.15, 0.2) is 87.7 Å². The van der Waals surface area contributed by atoms with Crippen molar-refractivity contribution in [1.29, 1.82) is 0 Å². The molecule has 1 aliphatic heterocycles. The standard InChI is InChI=1S/C22H14BrNOS/c23-14-7-5-6-13(12-14)22-19-20(15-8-1-2-9-16(15)21(19)25)24-17-10-3-4-11-18(17)26-22/h1-12,22,24H/t22-/m0/s1. The Hall–Kier alpha value is -2.30. The van der Waals surface area contributed by atoms with Crippen LogP contribution in [0.4, 0.5) is 5.69 Å². The van der Waals surface area contributed by atoms with Crippen molar-refractivity contribution in [3.63, 3.8) is 0 Å². The Morgan fingerprint density at radius 3 is 2.50 bits per heavy atom. The smallest absolute Gasteiger partial charge is 0.193 e. The third-order valence-electron chi connectivity index (χ3n) is 4.76. The molecule has 5 rings (SSSR count). The highest BCUT2D eigenvalue weighted by atomic mass is 79.9. The second-order valence-corrected chi connectivity index (χ2v) is 8.40. The largest absolute Gasteiger partial charge is 0.354 e. The van der Waals surface area contributed by atoms with Crippen molar-refractivity contribution in [3.8, 4) is 0 Å². The van der Waals surface area contributed by atoms with Crippen molar-refractivity contribution in [2.45, 2.75) is 10.1 Å². The summed E-state index contributed by atoms with van der Waals surface area (Å²) >= 11 is 5.30. The van der Waals surface area contributed by atoms with Gasteiger partial charge >= 0.3 is 0 Å². The van der Waals surface area contributed by atoms with Crippen molar-refractivity contribution >= 4 is 44.9 Å². The first-order valence-electron chi connectivity index (χ1n) is 8.39. The number of Topliss-reactive ketones (excluding diaryl/α,β-unsaturated/α-hetero) is 1. The molecule has 26 heavy (non-hydrogen) atoms. The molecule has 0 unspecified atom stereocenters. The molecule has 0 spiro atoms. The Labute approximate surface area is 164 Å². The molecule has 4 heteroatoms. The molecule has 1 atom stereocenters. The molecule has 1 aliphatic carbocycles. The molecule has 0 saturated carbocycles. The molecule has 0 saturated heterocycles. The van der Waals surface area contributed by atoms with Gasteiger partial charge in [-0.3, -0.25) is 4.79 Å². The Balaban J connectivity index is 1.76. The second kappa shape index (κ2) is 6.15. The van der Waals surface area contributed by atoms with Crippen molar-refractivity contribution < 1.29 is 4.79 Å². The van der Waals surface area contributed by atoms with E-state index in [9.17, 15) is 4.79 Å². The molecule has 2 nitrogen and oxygen atoms in total. The summed E-state index contributed by atoms with van der Waals surface area (Å²) in [5.74, 6) is 0.119. The van der Waals surface area contributed by atoms with E-state index in [-0.39, 0.29) is 11.0 Å². The number of carbonyl (C=O) groups excluding carboxylic acids is 1. The summed E-state index contributed by atoms with van der Waals surface area (Å²) in [5.41, 5.74) is 5.72. The van der Waals surface area contributed by atoms with Gasteiger partial charge in [-0.1, -0.05) is 64.5 Å². The van der Waals surface area contributed by atoms with Crippen LogP contribution in [0.25, 0.3) is 5.70 Å². The first-order chi connectivity index (χ1) is 12.7. The molecule has 0 aromatic heterocycles. The quantitative estimate of drug-likeness (QED) is 0.500. The van der Waals surface area contributed by atoms with Crippen molar-refractivity contribution in [2.75, 3.05) is 5.32 Å². The normalized spacial score (nSPS) is 17.9. The predicted molar refractivity (Wildman–Crippen MR) is 110 cm³/mol. The number of benzene rings is 3. The van der Waals surface area contributed by atoms with Gasteiger partial charge in [0.2, 0.25) is 0 Å². The van der Waals surface area contributed by atoms with Crippen LogP contribution in [-0.4, -0.2) is 5.78 Å². The minimum Gasteiger partial charge on any atom is -0.354 e. The molecule has 1 heterocycles. The molecule has 3 aromatic carbocycles. The van der Waals surface area contributed by atoms with Gasteiger partial charge in [-0.15, -0.1) is 11.8 Å². The lowest BCUT2D eigenvalue weighted by Crippen LogP contribution is -2.07. The van der Waals surface area contributed by atoms with Crippen molar-refractivity contribution in [3.05, 3.63) is 99.5 Å². The van der Waals surface area contributed by atoms with E-state index < -0.39 is 0 Å². The van der Waals surface area contributed by atoms with Crippen LogP contribution in [0.5, 0.6) is 0 Å². The second-order valence-electron chi connectivity index (χ2n) is 6.34. The number of nitrogens with one attached hydrogen (secondary N) is 1. The van der Waals surface area contributed by atoms with E-state index >= 15 is 0 Å². The van der Waals surface area contributed by atoms with Crippen LogP contribution in [0.3, 0.4) is 0 Å². The number of hydrogen-bond acceptors (Lipinski definition) is 3. The molecule has 0 amide bonds. The molecule has 126 valence electrons. The minimum absolute atomic E-state index is 0.0569. The lowest BCUT2D eigenvalue weighted by atomic mass is 10.0. The van der Waals surface area contributed by atoms with Gasteiger partial charge in [-0.2, -0.15) is 0 Å². The van der Waals surface area contributed by atoms with Gasteiger partial charge in [0, 0.05) is 26.1 Å². The number of halogens is 1. The number of anilines is 1. The maximum absolute atomic E-state index is 13.3. The zero-order chi connectivity index (χ0) is 17.7. The summed E-state index contributed by atoms with van der Waals surface area (Å²) in [6.45, 7) is 0. The van der Waals surface area contributed by atoms with Gasteiger partial charge < -0.3 is 5.32 Å². The molecule has 2 aliphatic rings. The summed E-state index contributed by atoms with van der Waals surface area (Å²) in [4.78, 5) is 14.4. The lowest BCUT2D eigenvalue weighted by Gasteiger charge is -2.17. The fraction of sp³-hybridized carbons (Fsp3) is 0.0455. The zero-order valence-corrected chi connectivity index (χ0v) is 16.1. The summed E-state index contributed by atoms with van der Waals surface area (Å²) in [5, 5.41) is 3.49. The maximum Gasteiger partial charge on any atom is 0.193 e. The maximum atomic E-state index is 13.3. The molecular formula is C22H14BrNOS. The van der Waals surface area contributed by atoms with Crippen LogP contribution < -0.4 is 5.32 Å². The van der Waals surface area contributed by atoms with E-state index in [4.69, 9.17) is 0 Å². The van der Waals surface area contributed by atoms with E-state index in [1.165, 1.54) is 0 Å². The predicted octanol–water partition coefficient (Wildman–Crippen LogP) is 6.32. The highest BCUT2D eigenvalue weighted by molar-refractivity contribution is 9.10. The summed E-state index contributed by atoms with van der Waals surface area (Å²) in [6.07, 6.45) is 0. The summed E-state index contributed by atoms with van der Waals surface area (Å²) < 4.78 is 1.02. The fourth-order valence-electron chi connectivity index (χ4n) is 3.59. The monoisotopic (exact) mass is 419 g/mol. The van der Waals surface area contributed by atoms with Crippen LogP contribution in [0, 0.1) is 0 Å². The average Bonchev–Trinajstić information content (AvgIpc) is 2.83. The van der Waals surface area contributed by atoms with Crippen LogP contribution in [0.1, 0.15) is 26.7 Å². The van der Waals surface area contributed by atoms with Gasteiger partial charge in [0.05, 0.1) is 16.6 Å². The van der Waals surface area contributed by atoms with Gasteiger partial charge in [0.25, 0.3) is 0 Å². The summed E-state index contributed by atoms with van der Waals surface area (Å²) in [7, 11) is 0. The SMILES string of the molecule is O=C1C2=C(Nc3ccccc3S[C@H]2c2cccc(Br)c2)c2ccccc21. The number of para-hydroxylation sites is 1. The van der Waals surface area contributed by atoms with Gasteiger partial charge in [0.1, 0.15) is 0 Å². The molecule has 0 radical (unpaired) electrons. The van der Waals surface area contributed by atoms with E-state index in [0.717, 1.165) is 43.0 Å². The van der Waals surface area contributed by atoms with Crippen LogP contribution >= 0.6 is 27.7 Å². The van der Waals surface area contributed by atoms with Gasteiger partial charge in [-0.25, -0.2) is 0 Å². The van der Waals surface area contributed by atoms with Gasteiger partial charge in [0.15, 0.2) is 5.78 Å². The number of rotatable bonds is 1. The molecule has 3 aromatic rings. The highest BCUT2D eigenvalue weighted by Gasteiger charge is 2.37. The number of hydrogen-bond donors (Lipinski definition) is 1. The third-order valence-corrected chi connectivity index (χ3v) is 6.61.